The van der Waals surface area contributed by atoms with Gasteiger partial charge in [-0.1, -0.05) is 101 Å². The standard InChI is InChI=1S/C62H66I2N14O4S3/c1-6-37-29-83-47-22-44-43(24-68-72-44)49(48(37)47)52-54-42(13-17-65-52)50-55(76-25-39-11-12-40(26-76)69-39)70-59(71-57(50)85-54)82-32-61(30-62(61,63)64)31-75-18-14-35(15-19-75)16-20-77-28-45(73-74-77)51(60(3,4)5)58(81)78-27-41(79)21-46(78)56(80)66-23-36-7-9-38(10-8-36)53-34(2)67-33-84-53/h1,7-10,13,17,22,24,28-29,33,35,39-41,46,51,69,79H,11-12,14-16,18-21,23,25-27,30-32H2,2-5H3,(H,66,80)(H,68,72)/t39?,40?,41-,46+,51?,61-/m1/s1. The Bertz CT molecular complexity index is 4070. The molecule has 4 aliphatic heterocycles. The molecule has 2 bridgehead atoms. The number of nitrogens with zero attached hydrogens (tertiary/aromatic N) is 11. The number of thiophene rings is 2. The number of piperazine rings is 1. The highest BCUT2D eigenvalue weighted by Crippen LogP contribution is 2.67. The molecule has 14 rings (SSSR count). The largest absolute Gasteiger partial charge is 0.463 e. The maximum Gasteiger partial charge on any atom is 0.319 e. The number of benzene rings is 2. The maximum absolute atomic E-state index is 14.6. The minimum Gasteiger partial charge on any atom is -0.463 e. The number of aromatic nitrogens is 9. The van der Waals surface area contributed by atoms with Crippen molar-refractivity contribution in [2.24, 2.45) is 16.7 Å². The van der Waals surface area contributed by atoms with E-state index in [0.717, 1.165) is 157 Å². The molecular formula is C62H66I2N14O4S3. The summed E-state index contributed by atoms with van der Waals surface area (Å²) in [6, 6.07) is 12.8. The molecule has 440 valence electrons. The molecular weight excluding hydrogens is 1350 g/mol. The summed E-state index contributed by atoms with van der Waals surface area (Å²) in [6.45, 7) is 14.3. The first-order valence-corrected chi connectivity index (χ1v) is 34.1. The smallest absolute Gasteiger partial charge is 0.319 e. The number of thiazole rings is 1. The number of terminal acetylenes is 1. The number of aryl methyl sites for hydroxylation is 2. The number of aliphatic hydroxyl groups is 1. The first-order valence-electron chi connectivity index (χ1n) is 29.3. The second-order valence-corrected chi connectivity index (χ2v) is 33.7. The van der Waals surface area contributed by atoms with Crippen molar-refractivity contribution < 1.29 is 19.4 Å². The molecule has 2 aromatic carbocycles. The number of fused-ring (bicyclic) bond motifs is 7. The Morgan fingerprint density at radius 3 is 2.53 bits per heavy atom. The molecule has 85 heavy (non-hydrogen) atoms. The van der Waals surface area contributed by atoms with Gasteiger partial charge >= 0.3 is 6.01 Å². The van der Waals surface area contributed by atoms with Crippen molar-refractivity contribution in [1.29, 1.82) is 0 Å². The van der Waals surface area contributed by atoms with Crippen molar-refractivity contribution in [3.8, 4) is 40.1 Å². The monoisotopic (exact) mass is 1420 g/mol. The molecule has 1 saturated carbocycles. The minimum atomic E-state index is -0.805. The Morgan fingerprint density at radius 2 is 1.80 bits per heavy atom. The van der Waals surface area contributed by atoms with Crippen molar-refractivity contribution >= 4 is 138 Å². The van der Waals surface area contributed by atoms with Crippen LogP contribution in [0.15, 0.2) is 65.9 Å². The molecule has 6 atom stereocenters. The minimum absolute atomic E-state index is 0.0371. The topological polar surface area (TPSA) is 208 Å². The maximum atomic E-state index is 14.6. The summed E-state index contributed by atoms with van der Waals surface area (Å²) in [5, 5.41) is 40.7. The highest BCUT2D eigenvalue weighted by atomic mass is 127. The van der Waals surface area contributed by atoms with Gasteiger partial charge in [0.1, 0.15) is 23.3 Å². The number of likely N-dealkylation sites (tertiary alicyclic amines) is 2. The number of piperidine rings is 1. The number of pyridine rings is 1. The zero-order valence-electron chi connectivity index (χ0n) is 47.8. The van der Waals surface area contributed by atoms with Crippen LogP contribution in [0.1, 0.15) is 94.1 Å². The van der Waals surface area contributed by atoms with Gasteiger partial charge < -0.3 is 35.2 Å². The lowest BCUT2D eigenvalue weighted by Gasteiger charge is -2.35. The summed E-state index contributed by atoms with van der Waals surface area (Å²) in [5.74, 6) is 3.22. The third-order valence-corrected chi connectivity index (χ3v) is 24.4. The van der Waals surface area contributed by atoms with Crippen LogP contribution in [0, 0.1) is 36.0 Å². The molecule has 5 fully saturated rings. The predicted molar refractivity (Wildman–Crippen MR) is 353 cm³/mol. The van der Waals surface area contributed by atoms with Crippen LogP contribution < -0.4 is 20.3 Å². The van der Waals surface area contributed by atoms with E-state index in [4.69, 9.17) is 26.1 Å². The molecule has 2 amide bonds. The number of rotatable bonds is 16. The predicted octanol–water partition coefficient (Wildman–Crippen LogP) is 10.5. The molecule has 4 N–H and O–H groups in total. The fourth-order valence-electron chi connectivity index (χ4n) is 13.7. The van der Waals surface area contributed by atoms with Crippen molar-refractivity contribution in [2.45, 2.75) is 117 Å². The zero-order valence-corrected chi connectivity index (χ0v) is 54.5. The lowest BCUT2D eigenvalue weighted by atomic mass is 9.78. The van der Waals surface area contributed by atoms with Gasteiger partial charge in [0.2, 0.25) is 11.8 Å². The van der Waals surface area contributed by atoms with Gasteiger partial charge in [0.25, 0.3) is 0 Å². The quantitative estimate of drug-likeness (QED) is 0.0403. The van der Waals surface area contributed by atoms with E-state index < -0.39 is 23.5 Å². The van der Waals surface area contributed by atoms with Crippen LogP contribution >= 0.6 is 79.2 Å². The highest BCUT2D eigenvalue weighted by molar-refractivity contribution is 14.2. The van der Waals surface area contributed by atoms with Gasteiger partial charge in [-0.25, -0.2) is 4.98 Å². The highest BCUT2D eigenvalue weighted by Gasteiger charge is 2.66. The third kappa shape index (κ3) is 10.9. The van der Waals surface area contributed by atoms with Gasteiger partial charge in [-0.05, 0) is 93.1 Å². The molecule has 4 saturated heterocycles. The van der Waals surface area contributed by atoms with Crippen LogP contribution in [0.25, 0.3) is 63.0 Å². The van der Waals surface area contributed by atoms with Gasteiger partial charge in [-0.3, -0.25) is 24.4 Å². The number of H-pyrrole nitrogens is 1. The van der Waals surface area contributed by atoms with E-state index in [0.29, 0.717) is 49.4 Å². The molecule has 5 aliphatic rings. The van der Waals surface area contributed by atoms with Gasteiger partial charge in [-0.15, -0.1) is 45.5 Å². The van der Waals surface area contributed by atoms with E-state index in [2.05, 4.69) is 115 Å². The molecule has 0 spiro atoms. The summed E-state index contributed by atoms with van der Waals surface area (Å²) < 4.78 is 10.9. The molecule has 3 unspecified atom stereocenters. The second kappa shape index (κ2) is 22.6. The Morgan fingerprint density at radius 1 is 1.01 bits per heavy atom. The molecule has 1 aliphatic carbocycles. The third-order valence-electron chi connectivity index (χ3n) is 18.3. The van der Waals surface area contributed by atoms with Crippen molar-refractivity contribution in [2.75, 3.05) is 50.8 Å². The number of carbonyl (C=O) groups is 2. The molecule has 18 nitrogen and oxygen atoms in total. The van der Waals surface area contributed by atoms with Gasteiger partial charge in [0, 0.05) is 113 Å². The van der Waals surface area contributed by atoms with E-state index in [1.807, 2.05) is 80.7 Å². The molecule has 7 aromatic heterocycles. The van der Waals surface area contributed by atoms with E-state index in [-0.39, 0.29) is 31.6 Å². The molecule has 11 heterocycles. The lowest BCUT2D eigenvalue weighted by Crippen LogP contribution is -2.51. The van der Waals surface area contributed by atoms with Gasteiger partial charge in [0.15, 0.2) is 0 Å². The summed E-state index contributed by atoms with van der Waals surface area (Å²) in [4.78, 5) is 57.1. The number of β-amino-alcohol motifs (C(OH)–C–C–N with tert-alkyl or cyclic N) is 1. The second-order valence-electron chi connectivity index (χ2n) is 25.2. The van der Waals surface area contributed by atoms with Crippen LogP contribution in [0.2, 0.25) is 0 Å². The van der Waals surface area contributed by atoms with Crippen molar-refractivity contribution in [3.63, 3.8) is 0 Å². The number of hydrogen-bond donors (Lipinski definition) is 4. The van der Waals surface area contributed by atoms with Crippen LogP contribution in [0.4, 0.5) is 5.82 Å². The number of anilines is 1. The number of alkyl halides is 2. The first kappa shape index (κ1) is 57.3. The lowest BCUT2D eigenvalue weighted by molar-refractivity contribution is -0.141. The number of carbonyl (C=O) groups excluding carboxylic acids is 2. The van der Waals surface area contributed by atoms with Crippen molar-refractivity contribution in [3.05, 3.63) is 88.4 Å². The van der Waals surface area contributed by atoms with Crippen LogP contribution in [0.3, 0.4) is 0 Å². The first-order chi connectivity index (χ1) is 41.0. The summed E-state index contributed by atoms with van der Waals surface area (Å²) >= 11 is 10.2. The number of aliphatic hydroxyl groups excluding tert-OH is 1. The van der Waals surface area contributed by atoms with Crippen LogP contribution in [-0.4, -0.2) is 143 Å². The number of aromatic amines is 1. The van der Waals surface area contributed by atoms with Gasteiger partial charge in [0.05, 0.1) is 62.7 Å². The number of halogens is 2. The number of nitrogens with one attached hydrogen (secondary N) is 3. The summed E-state index contributed by atoms with van der Waals surface area (Å²) in [6.07, 6.45) is 17.6. The Kier molecular flexibility index (Phi) is 15.2. The Labute approximate surface area is 532 Å². The van der Waals surface area contributed by atoms with E-state index >= 15 is 0 Å². The molecule has 0 radical (unpaired) electrons. The van der Waals surface area contributed by atoms with Crippen LogP contribution in [-0.2, 0) is 22.7 Å². The summed E-state index contributed by atoms with van der Waals surface area (Å²) in [7, 11) is 0. The SMILES string of the molecule is C#Cc1csc2cc3[nH]ncc3c(-c3nccc4c3sc3nc(OC[C@]5(CN6CCC(CCn7cc(C(C(=O)N8C[C@H](O)C[C@H]8C(=O)NCc8ccc(-c9scnc9C)cc8)C(C)(C)C)nn7)CC6)CC5(I)I)nc(N5CC6CCC(C5)N6)c34)c12. The Hall–Kier alpha value is -5.47. The molecule has 9 aromatic rings. The summed E-state index contributed by atoms with van der Waals surface area (Å²) in [5.41, 5.74) is 8.47. The van der Waals surface area contributed by atoms with Crippen LogP contribution in [0.5, 0.6) is 6.01 Å². The molecule has 23 heteroatoms. The van der Waals surface area contributed by atoms with Gasteiger partial charge in [-0.2, -0.15) is 15.1 Å². The van der Waals surface area contributed by atoms with Crippen molar-refractivity contribution in [1.82, 2.24) is 65.6 Å². The van der Waals surface area contributed by atoms with E-state index in [9.17, 15) is 14.7 Å². The Balaban J connectivity index is 0.629. The average molecular weight is 1420 g/mol. The average Bonchev–Trinajstić information content (AvgIpc) is 1.76. The fourth-order valence-corrected chi connectivity index (χ4v) is 18.7. The number of ether oxygens (including phenoxy) is 1. The number of hydrogen-bond acceptors (Lipinski definition) is 17. The van der Waals surface area contributed by atoms with E-state index in [1.54, 1.807) is 38.9 Å². The zero-order chi connectivity index (χ0) is 58.5. The fraction of sp³-hybridized carbons (Fsp3) is 0.468. The normalized spacial score (nSPS) is 22.9. The number of amides is 2. The van der Waals surface area contributed by atoms with E-state index in [1.165, 1.54) is 0 Å².